The van der Waals surface area contributed by atoms with Crippen LogP contribution in [0, 0.1) is 11.9 Å². The second kappa shape index (κ2) is 9.16. The van der Waals surface area contributed by atoms with Crippen LogP contribution in [0.3, 0.4) is 0 Å². The number of anilines is 2. The van der Waals surface area contributed by atoms with Crippen molar-refractivity contribution < 1.29 is 4.39 Å². The summed E-state index contributed by atoms with van der Waals surface area (Å²) in [5.74, 6) is 0.431. The molecule has 186 valence electrons. The first-order valence-corrected chi connectivity index (χ1v) is 12.2. The minimum Gasteiger partial charge on any atom is -0.340 e. The number of para-hydroxylation sites is 1. The van der Waals surface area contributed by atoms with Gasteiger partial charge < -0.3 is 5.32 Å². The maximum atomic E-state index is 13.6. The van der Waals surface area contributed by atoms with E-state index in [2.05, 4.69) is 10.3 Å². The molecule has 0 unspecified atom stereocenters. The van der Waals surface area contributed by atoms with Crippen LogP contribution in [0.4, 0.5) is 15.9 Å². The van der Waals surface area contributed by atoms with Crippen LogP contribution in [0.5, 0.6) is 0 Å². The molecule has 1 N–H and O–H groups in total. The van der Waals surface area contributed by atoms with E-state index in [1.807, 2.05) is 54.6 Å². The molecule has 0 aliphatic heterocycles. The number of pyridine rings is 1. The van der Waals surface area contributed by atoms with Gasteiger partial charge in [-0.1, -0.05) is 48.5 Å². The van der Waals surface area contributed by atoms with E-state index in [1.165, 1.54) is 13.1 Å². The van der Waals surface area contributed by atoms with Gasteiger partial charge in [0, 0.05) is 24.8 Å². The number of hydrogen-bond acceptors (Lipinski definition) is 5. The molecule has 0 radical (unpaired) electrons. The number of nitrogens with one attached hydrogen (secondary N) is 1. The van der Waals surface area contributed by atoms with E-state index in [9.17, 15) is 14.0 Å². The van der Waals surface area contributed by atoms with Gasteiger partial charge in [-0.15, -0.1) is 0 Å². The molecule has 0 atom stereocenters. The number of rotatable bonds is 7. The molecule has 1 aliphatic carbocycles. The summed E-state index contributed by atoms with van der Waals surface area (Å²) in [5, 5.41) is 8.53. The molecular formula is C28H25FN6O2. The minimum absolute atomic E-state index is 0.354. The van der Waals surface area contributed by atoms with Crippen LogP contribution in [0.2, 0.25) is 0 Å². The highest BCUT2D eigenvalue weighted by atomic mass is 19.1. The van der Waals surface area contributed by atoms with Gasteiger partial charge in [-0.25, -0.2) is 14.5 Å². The minimum atomic E-state index is -0.528. The number of halogens is 1. The second-order valence-corrected chi connectivity index (χ2v) is 9.44. The van der Waals surface area contributed by atoms with Gasteiger partial charge in [0.25, 0.3) is 5.56 Å². The molecule has 2 aromatic carbocycles. The third-order valence-corrected chi connectivity index (χ3v) is 6.70. The van der Waals surface area contributed by atoms with Crippen LogP contribution >= 0.6 is 0 Å². The molecule has 0 amide bonds. The zero-order valence-electron chi connectivity index (χ0n) is 20.3. The SMILES string of the molecule is Cn1c(=O)c2c(Nc3ccccc3)n(Cc3ccc(-c4cccc(F)n4)cc3)nc2n(CC2CC2)c1=O. The highest BCUT2D eigenvalue weighted by molar-refractivity contribution is 5.89. The number of nitrogens with zero attached hydrogens (tertiary/aromatic N) is 5. The van der Waals surface area contributed by atoms with Gasteiger partial charge in [-0.2, -0.15) is 9.49 Å². The Bertz CT molecular complexity index is 1720. The van der Waals surface area contributed by atoms with E-state index in [0.717, 1.165) is 34.2 Å². The van der Waals surface area contributed by atoms with Crippen LogP contribution in [-0.2, 0) is 20.1 Å². The molecule has 1 fully saturated rings. The van der Waals surface area contributed by atoms with Gasteiger partial charge in [-0.05, 0) is 48.6 Å². The summed E-state index contributed by atoms with van der Waals surface area (Å²) in [7, 11) is 1.51. The van der Waals surface area contributed by atoms with Gasteiger partial charge in [0.15, 0.2) is 5.65 Å². The molecule has 37 heavy (non-hydrogen) atoms. The molecule has 0 saturated heterocycles. The van der Waals surface area contributed by atoms with Crippen molar-refractivity contribution in [3.8, 4) is 11.3 Å². The number of aromatic nitrogens is 5. The molecule has 8 nitrogen and oxygen atoms in total. The predicted molar refractivity (Wildman–Crippen MR) is 140 cm³/mol. The van der Waals surface area contributed by atoms with E-state index in [4.69, 9.17) is 5.10 Å². The molecule has 3 aromatic heterocycles. The van der Waals surface area contributed by atoms with Gasteiger partial charge in [0.2, 0.25) is 5.95 Å². The van der Waals surface area contributed by atoms with Crippen molar-refractivity contribution in [2.24, 2.45) is 13.0 Å². The molecule has 1 saturated carbocycles. The first-order valence-electron chi connectivity index (χ1n) is 12.2. The number of fused-ring (bicyclic) bond motifs is 1. The monoisotopic (exact) mass is 496 g/mol. The molecule has 0 spiro atoms. The summed E-state index contributed by atoms with van der Waals surface area (Å²) in [6, 6.07) is 21.9. The summed E-state index contributed by atoms with van der Waals surface area (Å²) in [6.07, 6.45) is 2.14. The Morgan fingerprint density at radius 3 is 2.43 bits per heavy atom. The van der Waals surface area contributed by atoms with Crippen LogP contribution in [0.1, 0.15) is 18.4 Å². The standard InChI is InChI=1S/C28H25FN6O2/c1-33-27(36)24-25(30-21-6-3-2-4-7-21)35(32-26(24)34(28(33)37)16-18-10-11-18)17-19-12-14-20(15-13-19)22-8-5-9-23(29)31-22/h2-9,12-15,18,30H,10-11,16-17H2,1H3. The van der Waals surface area contributed by atoms with Crippen LogP contribution < -0.4 is 16.6 Å². The third-order valence-electron chi connectivity index (χ3n) is 6.70. The largest absolute Gasteiger partial charge is 0.340 e. The lowest BCUT2D eigenvalue weighted by molar-refractivity contribution is 0.572. The molecular weight excluding hydrogens is 471 g/mol. The van der Waals surface area contributed by atoms with Crippen LogP contribution in [0.25, 0.3) is 22.3 Å². The average Bonchev–Trinajstić information content (AvgIpc) is 3.67. The van der Waals surface area contributed by atoms with Crippen LogP contribution in [0.15, 0.2) is 82.4 Å². The summed E-state index contributed by atoms with van der Waals surface area (Å²) in [4.78, 5) is 30.3. The average molecular weight is 497 g/mol. The van der Waals surface area contributed by atoms with Gasteiger partial charge in [0.1, 0.15) is 11.2 Å². The molecule has 5 aromatic rings. The zero-order valence-corrected chi connectivity index (χ0v) is 20.3. The maximum Gasteiger partial charge on any atom is 0.332 e. The lowest BCUT2D eigenvalue weighted by atomic mass is 10.1. The Morgan fingerprint density at radius 2 is 1.73 bits per heavy atom. The van der Waals surface area contributed by atoms with Gasteiger partial charge in [-0.3, -0.25) is 13.9 Å². The van der Waals surface area contributed by atoms with E-state index in [1.54, 1.807) is 21.4 Å². The highest BCUT2D eigenvalue weighted by Crippen LogP contribution is 2.32. The highest BCUT2D eigenvalue weighted by Gasteiger charge is 2.27. The fourth-order valence-corrected chi connectivity index (χ4v) is 4.51. The Balaban J connectivity index is 1.45. The lowest BCUT2D eigenvalue weighted by Gasteiger charge is -2.11. The van der Waals surface area contributed by atoms with Gasteiger partial charge >= 0.3 is 5.69 Å². The van der Waals surface area contributed by atoms with E-state index >= 15 is 0 Å². The summed E-state index contributed by atoms with van der Waals surface area (Å²) in [5.41, 5.74) is 2.73. The Morgan fingerprint density at radius 1 is 0.973 bits per heavy atom. The number of hydrogen-bond donors (Lipinski definition) is 1. The molecule has 9 heteroatoms. The fourth-order valence-electron chi connectivity index (χ4n) is 4.51. The molecule has 1 aliphatic rings. The third kappa shape index (κ3) is 4.44. The van der Waals surface area contributed by atoms with Crippen molar-refractivity contribution in [1.29, 1.82) is 0 Å². The van der Waals surface area contributed by atoms with Crippen molar-refractivity contribution >= 4 is 22.5 Å². The summed E-state index contributed by atoms with van der Waals surface area (Å²) < 4.78 is 18.1. The number of benzene rings is 2. The Labute approximate surface area is 211 Å². The van der Waals surface area contributed by atoms with Crippen molar-refractivity contribution in [2.45, 2.75) is 25.9 Å². The first-order chi connectivity index (χ1) is 18.0. The normalized spacial score (nSPS) is 13.2. The molecule has 6 rings (SSSR count). The second-order valence-electron chi connectivity index (χ2n) is 9.44. The summed E-state index contributed by atoms with van der Waals surface area (Å²) >= 11 is 0. The first kappa shape index (κ1) is 22.9. The van der Waals surface area contributed by atoms with E-state index < -0.39 is 5.95 Å². The maximum absolute atomic E-state index is 13.6. The molecule has 3 heterocycles. The quantitative estimate of drug-likeness (QED) is 0.340. The predicted octanol–water partition coefficient (Wildman–Crippen LogP) is 4.30. The van der Waals surface area contributed by atoms with E-state index in [-0.39, 0.29) is 11.2 Å². The smallest absolute Gasteiger partial charge is 0.332 e. The van der Waals surface area contributed by atoms with Crippen molar-refractivity contribution in [1.82, 2.24) is 23.9 Å². The van der Waals surface area contributed by atoms with Crippen molar-refractivity contribution in [3.63, 3.8) is 0 Å². The Kier molecular flexibility index (Phi) is 5.67. The van der Waals surface area contributed by atoms with Crippen molar-refractivity contribution in [2.75, 3.05) is 5.32 Å². The van der Waals surface area contributed by atoms with E-state index in [0.29, 0.717) is 41.6 Å². The molecule has 0 bridgehead atoms. The van der Waals surface area contributed by atoms with Crippen molar-refractivity contribution in [3.05, 3.63) is 105 Å². The van der Waals surface area contributed by atoms with Crippen LogP contribution in [-0.4, -0.2) is 23.9 Å². The lowest BCUT2D eigenvalue weighted by Crippen LogP contribution is -2.38. The topological polar surface area (TPSA) is 86.7 Å². The fraction of sp³-hybridized carbons (Fsp3) is 0.214. The Hall–Kier alpha value is -4.53. The summed E-state index contributed by atoms with van der Waals surface area (Å²) in [6.45, 7) is 0.905. The zero-order chi connectivity index (χ0) is 25.5. The van der Waals surface area contributed by atoms with Gasteiger partial charge in [0.05, 0.1) is 12.2 Å².